The summed E-state index contributed by atoms with van der Waals surface area (Å²) in [7, 11) is 0. The highest BCUT2D eigenvalue weighted by molar-refractivity contribution is 6.23. The Balaban J connectivity index is 1.15. The van der Waals surface area contributed by atoms with Crippen LogP contribution in [0.5, 0.6) is 0 Å². The molecule has 0 atom stereocenters. The zero-order valence-electron chi connectivity index (χ0n) is 26.2. The number of para-hydroxylation sites is 3. The van der Waals surface area contributed by atoms with Gasteiger partial charge in [-0.25, -0.2) is 0 Å². The van der Waals surface area contributed by atoms with Crippen molar-refractivity contribution in [3.05, 3.63) is 182 Å². The summed E-state index contributed by atoms with van der Waals surface area (Å²) in [6.45, 7) is 0. The summed E-state index contributed by atoms with van der Waals surface area (Å²) in [6, 6.07) is 66.1. The lowest BCUT2D eigenvalue weighted by atomic mass is 9.96. The zero-order valence-corrected chi connectivity index (χ0v) is 26.2. The molecule has 0 spiro atoms. The average Bonchev–Trinajstić information content (AvgIpc) is 3.68. The smallest absolute Gasteiger partial charge is 0.0788 e. The van der Waals surface area contributed by atoms with Gasteiger partial charge in [-0.2, -0.15) is 0 Å². The Morgan fingerprint density at radius 3 is 1.35 bits per heavy atom. The maximum absolute atomic E-state index is 2.46. The van der Waals surface area contributed by atoms with Gasteiger partial charge in [-0.1, -0.05) is 146 Å². The molecular formula is C46H30N2. The molecule has 0 aliphatic heterocycles. The fraction of sp³-hybridized carbons (Fsp3) is 0. The van der Waals surface area contributed by atoms with Gasteiger partial charge in [0.2, 0.25) is 0 Å². The topological polar surface area (TPSA) is 9.86 Å². The molecule has 0 N–H and O–H groups in total. The summed E-state index contributed by atoms with van der Waals surface area (Å²) in [4.78, 5) is 0. The molecule has 10 aromatic rings. The normalized spacial score (nSPS) is 11.8. The van der Waals surface area contributed by atoms with Gasteiger partial charge in [0.1, 0.15) is 0 Å². The Morgan fingerprint density at radius 1 is 0.271 bits per heavy atom. The molecule has 0 unspecified atom stereocenters. The average molecular weight is 611 g/mol. The lowest BCUT2D eigenvalue weighted by molar-refractivity contribution is 1.15. The van der Waals surface area contributed by atoms with E-state index in [2.05, 4.69) is 191 Å². The van der Waals surface area contributed by atoms with E-state index < -0.39 is 0 Å². The number of benzene rings is 8. The lowest BCUT2D eigenvalue weighted by Gasteiger charge is -2.13. The molecule has 2 aromatic heterocycles. The molecule has 48 heavy (non-hydrogen) atoms. The molecule has 8 aromatic carbocycles. The Kier molecular flexibility index (Phi) is 5.91. The van der Waals surface area contributed by atoms with Crippen molar-refractivity contribution in [2.24, 2.45) is 0 Å². The second kappa shape index (κ2) is 10.6. The fourth-order valence-electron chi connectivity index (χ4n) is 7.74. The minimum Gasteiger partial charge on any atom is -0.307 e. The molecule has 0 fully saturated rings. The van der Waals surface area contributed by atoms with Crippen molar-refractivity contribution in [2.45, 2.75) is 0 Å². The molecule has 2 heterocycles. The molecule has 0 amide bonds. The van der Waals surface area contributed by atoms with E-state index >= 15 is 0 Å². The third-order valence-electron chi connectivity index (χ3n) is 9.93. The molecule has 0 aliphatic rings. The fourth-order valence-corrected chi connectivity index (χ4v) is 7.74. The van der Waals surface area contributed by atoms with Crippen LogP contribution in [-0.4, -0.2) is 9.13 Å². The molecule has 0 saturated heterocycles. The molecule has 0 bridgehead atoms. The number of nitrogens with zero attached hydrogens (tertiary/aromatic N) is 2. The summed E-state index contributed by atoms with van der Waals surface area (Å²) in [6.07, 6.45) is 0. The number of hydrogen-bond acceptors (Lipinski definition) is 0. The summed E-state index contributed by atoms with van der Waals surface area (Å²) in [5.74, 6) is 0. The van der Waals surface area contributed by atoms with Crippen molar-refractivity contribution in [2.75, 3.05) is 0 Å². The van der Waals surface area contributed by atoms with E-state index in [4.69, 9.17) is 0 Å². The summed E-state index contributed by atoms with van der Waals surface area (Å²) in [5, 5.41) is 7.58. The van der Waals surface area contributed by atoms with Crippen LogP contribution < -0.4 is 0 Å². The molecule has 0 radical (unpaired) electrons. The van der Waals surface area contributed by atoms with Crippen LogP contribution in [-0.2, 0) is 0 Å². The highest BCUT2D eigenvalue weighted by Crippen LogP contribution is 2.42. The molecule has 2 heteroatoms. The maximum atomic E-state index is 2.46. The van der Waals surface area contributed by atoms with Crippen LogP contribution in [0, 0.1) is 0 Å². The third-order valence-corrected chi connectivity index (χ3v) is 9.93. The molecular weight excluding hydrogens is 581 g/mol. The summed E-state index contributed by atoms with van der Waals surface area (Å²) >= 11 is 0. The molecule has 10 rings (SSSR count). The van der Waals surface area contributed by atoms with Gasteiger partial charge in [-0.15, -0.1) is 0 Å². The number of rotatable bonds is 4. The van der Waals surface area contributed by atoms with E-state index in [0.717, 1.165) is 11.4 Å². The maximum Gasteiger partial charge on any atom is 0.0788 e. The van der Waals surface area contributed by atoms with Crippen LogP contribution in [0.2, 0.25) is 0 Å². The third kappa shape index (κ3) is 4.00. The summed E-state index contributed by atoms with van der Waals surface area (Å²) in [5.41, 5.74) is 12.1. The van der Waals surface area contributed by atoms with Crippen molar-refractivity contribution in [1.29, 1.82) is 0 Å². The SMILES string of the molecule is c1ccc(-n2c3ccccc3c3ccc4c5ccccc5n(-c5ccc(-c6ccc(-c7cccc8ccccc78)cc6)cc5)c4c32)cc1. The van der Waals surface area contributed by atoms with Crippen LogP contribution in [0.4, 0.5) is 0 Å². The quantitative estimate of drug-likeness (QED) is 0.188. The van der Waals surface area contributed by atoms with E-state index in [0.29, 0.717) is 0 Å². The Morgan fingerprint density at radius 2 is 0.729 bits per heavy atom. The van der Waals surface area contributed by atoms with E-state index in [1.165, 1.54) is 76.6 Å². The van der Waals surface area contributed by atoms with Crippen molar-refractivity contribution >= 4 is 54.4 Å². The van der Waals surface area contributed by atoms with E-state index in [-0.39, 0.29) is 0 Å². The first-order chi connectivity index (χ1) is 23.8. The van der Waals surface area contributed by atoms with Crippen molar-refractivity contribution in [1.82, 2.24) is 9.13 Å². The lowest BCUT2D eigenvalue weighted by Crippen LogP contribution is -1.98. The van der Waals surface area contributed by atoms with Gasteiger partial charge < -0.3 is 9.13 Å². The van der Waals surface area contributed by atoms with Crippen LogP contribution in [0.1, 0.15) is 0 Å². The second-order valence-corrected chi connectivity index (χ2v) is 12.5. The minimum atomic E-state index is 1.15. The molecule has 0 saturated carbocycles. The number of aromatic nitrogens is 2. The first-order valence-corrected chi connectivity index (χ1v) is 16.5. The van der Waals surface area contributed by atoms with Gasteiger partial charge >= 0.3 is 0 Å². The molecule has 224 valence electrons. The van der Waals surface area contributed by atoms with Gasteiger partial charge in [0.15, 0.2) is 0 Å². The van der Waals surface area contributed by atoms with Gasteiger partial charge in [-0.3, -0.25) is 0 Å². The first-order valence-electron chi connectivity index (χ1n) is 16.5. The van der Waals surface area contributed by atoms with Gasteiger partial charge in [0.25, 0.3) is 0 Å². The monoisotopic (exact) mass is 610 g/mol. The predicted octanol–water partition coefficient (Wildman–Crippen LogP) is 12.4. The predicted molar refractivity (Wildman–Crippen MR) is 203 cm³/mol. The van der Waals surface area contributed by atoms with Crippen LogP contribution >= 0.6 is 0 Å². The minimum absolute atomic E-state index is 1.15. The van der Waals surface area contributed by atoms with E-state index in [1.54, 1.807) is 0 Å². The molecule has 0 aliphatic carbocycles. The zero-order chi connectivity index (χ0) is 31.6. The Hall–Kier alpha value is -6.38. The Bertz CT molecular complexity index is 2790. The van der Waals surface area contributed by atoms with Crippen molar-refractivity contribution < 1.29 is 0 Å². The highest BCUT2D eigenvalue weighted by Gasteiger charge is 2.21. The summed E-state index contributed by atoms with van der Waals surface area (Å²) < 4.78 is 4.90. The highest BCUT2D eigenvalue weighted by atomic mass is 15.0. The van der Waals surface area contributed by atoms with E-state index in [9.17, 15) is 0 Å². The van der Waals surface area contributed by atoms with Crippen LogP contribution in [0.25, 0.3) is 88.0 Å². The number of hydrogen-bond donors (Lipinski definition) is 0. The van der Waals surface area contributed by atoms with Gasteiger partial charge in [0, 0.05) is 32.9 Å². The van der Waals surface area contributed by atoms with Crippen molar-refractivity contribution in [3.63, 3.8) is 0 Å². The standard InChI is InChI=1S/C46H30N2/c1-2-13-35(14-3-1)47-43-19-8-6-16-39(43)41-29-30-42-40-17-7-9-20-44(40)48(46(42)45(41)47)36-27-25-32(26-28-36)31-21-23-34(24-22-31)38-18-10-12-33-11-4-5-15-37(33)38/h1-30H. The first kappa shape index (κ1) is 26.8. The van der Waals surface area contributed by atoms with Gasteiger partial charge in [-0.05, 0) is 69.4 Å². The number of fused-ring (bicyclic) bond motifs is 8. The van der Waals surface area contributed by atoms with Crippen LogP contribution in [0.15, 0.2) is 182 Å². The Labute approximate surface area is 278 Å². The largest absolute Gasteiger partial charge is 0.307 e. The van der Waals surface area contributed by atoms with Crippen LogP contribution in [0.3, 0.4) is 0 Å². The second-order valence-electron chi connectivity index (χ2n) is 12.5. The van der Waals surface area contributed by atoms with Crippen molar-refractivity contribution in [3.8, 4) is 33.6 Å². The van der Waals surface area contributed by atoms with E-state index in [1.807, 2.05) is 0 Å². The molecule has 2 nitrogen and oxygen atoms in total. The van der Waals surface area contributed by atoms with Gasteiger partial charge in [0.05, 0.1) is 22.1 Å².